The van der Waals surface area contributed by atoms with Crippen molar-refractivity contribution in [1.82, 2.24) is 15.2 Å². The molecular formula is C25H26Cl2N4O3S. The van der Waals surface area contributed by atoms with Gasteiger partial charge in [0.2, 0.25) is 11.8 Å². The smallest absolute Gasteiger partial charge is 0.254 e. The number of aromatic nitrogens is 1. The van der Waals surface area contributed by atoms with Gasteiger partial charge < -0.3 is 15.5 Å². The molecule has 0 spiro atoms. The number of rotatable bonds is 11. The zero-order chi connectivity index (χ0) is 25.2. The molecule has 10 heteroatoms. The molecule has 35 heavy (non-hydrogen) atoms. The van der Waals surface area contributed by atoms with Crippen molar-refractivity contribution in [3.8, 4) is 0 Å². The van der Waals surface area contributed by atoms with Crippen molar-refractivity contribution in [3.05, 3.63) is 80.8 Å². The second-order valence-corrected chi connectivity index (χ2v) is 9.48. The summed E-state index contributed by atoms with van der Waals surface area (Å²) in [6, 6.07) is 14.5. The molecule has 0 atom stereocenters. The van der Waals surface area contributed by atoms with Crippen LogP contribution < -0.4 is 10.6 Å². The highest BCUT2D eigenvalue weighted by Gasteiger charge is 2.20. The summed E-state index contributed by atoms with van der Waals surface area (Å²) in [6.07, 6.45) is 1.56. The van der Waals surface area contributed by atoms with Crippen LogP contribution in [0.1, 0.15) is 35.0 Å². The molecule has 1 aromatic heterocycles. The summed E-state index contributed by atoms with van der Waals surface area (Å²) in [5.41, 5.74) is 2.08. The number of nitrogens with one attached hydrogen (secondary N) is 2. The van der Waals surface area contributed by atoms with Crippen LogP contribution in [0.15, 0.2) is 53.9 Å². The van der Waals surface area contributed by atoms with E-state index in [0.29, 0.717) is 40.9 Å². The Bertz CT molecular complexity index is 1170. The van der Waals surface area contributed by atoms with Crippen molar-refractivity contribution in [2.45, 2.75) is 26.2 Å². The molecule has 0 aliphatic carbocycles. The van der Waals surface area contributed by atoms with Crippen molar-refractivity contribution in [2.75, 3.05) is 25.0 Å². The van der Waals surface area contributed by atoms with E-state index >= 15 is 0 Å². The van der Waals surface area contributed by atoms with Crippen molar-refractivity contribution in [3.63, 3.8) is 0 Å². The number of anilines is 1. The van der Waals surface area contributed by atoms with Gasteiger partial charge in [-0.3, -0.25) is 14.4 Å². The second-order valence-electron chi connectivity index (χ2n) is 7.81. The zero-order valence-electron chi connectivity index (χ0n) is 19.2. The SMILES string of the molecule is CCCN(CC(=O)Nc1nc(CC(=O)NCCc2ccccc2)cs1)C(=O)c1ccc(Cl)c(Cl)c1. The number of hydrogen-bond donors (Lipinski definition) is 2. The summed E-state index contributed by atoms with van der Waals surface area (Å²) >= 11 is 13.2. The predicted molar refractivity (Wildman–Crippen MR) is 140 cm³/mol. The van der Waals surface area contributed by atoms with E-state index < -0.39 is 0 Å². The molecule has 184 valence electrons. The van der Waals surface area contributed by atoms with Gasteiger partial charge in [-0.05, 0) is 36.6 Å². The first-order valence-corrected chi connectivity index (χ1v) is 12.8. The number of benzene rings is 2. The van der Waals surface area contributed by atoms with Crippen LogP contribution in [0.3, 0.4) is 0 Å². The highest BCUT2D eigenvalue weighted by atomic mass is 35.5. The topological polar surface area (TPSA) is 91.4 Å². The minimum absolute atomic E-state index is 0.124. The van der Waals surface area contributed by atoms with E-state index in [-0.39, 0.29) is 35.7 Å². The molecule has 2 N–H and O–H groups in total. The van der Waals surface area contributed by atoms with Gasteiger partial charge in [0.15, 0.2) is 5.13 Å². The maximum atomic E-state index is 12.9. The molecule has 7 nitrogen and oxygen atoms in total. The van der Waals surface area contributed by atoms with Gasteiger partial charge in [-0.15, -0.1) is 11.3 Å². The lowest BCUT2D eigenvalue weighted by molar-refractivity contribution is -0.120. The van der Waals surface area contributed by atoms with E-state index in [2.05, 4.69) is 15.6 Å². The zero-order valence-corrected chi connectivity index (χ0v) is 21.6. The van der Waals surface area contributed by atoms with Crippen LogP contribution in [0.5, 0.6) is 0 Å². The average Bonchev–Trinajstić information content (AvgIpc) is 3.27. The third-order valence-corrected chi connectivity index (χ3v) is 6.55. The molecular weight excluding hydrogens is 507 g/mol. The third kappa shape index (κ3) is 8.35. The molecule has 0 saturated heterocycles. The number of amides is 3. The number of thiazole rings is 1. The van der Waals surface area contributed by atoms with Gasteiger partial charge >= 0.3 is 0 Å². The molecule has 0 aliphatic heterocycles. The van der Waals surface area contributed by atoms with Gasteiger partial charge in [0, 0.05) is 24.0 Å². The molecule has 0 fully saturated rings. The van der Waals surface area contributed by atoms with Crippen LogP contribution in [0, 0.1) is 0 Å². The van der Waals surface area contributed by atoms with Crippen molar-refractivity contribution >= 4 is 57.4 Å². The highest BCUT2D eigenvalue weighted by Crippen LogP contribution is 2.23. The van der Waals surface area contributed by atoms with Crippen molar-refractivity contribution in [2.24, 2.45) is 0 Å². The monoisotopic (exact) mass is 532 g/mol. The van der Waals surface area contributed by atoms with Gasteiger partial charge in [0.05, 0.1) is 22.2 Å². The molecule has 0 radical (unpaired) electrons. The Morgan fingerprint density at radius 2 is 1.80 bits per heavy atom. The molecule has 3 amide bonds. The van der Waals surface area contributed by atoms with E-state index in [9.17, 15) is 14.4 Å². The summed E-state index contributed by atoms with van der Waals surface area (Å²) in [7, 11) is 0. The lowest BCUT2D eigenvalue weighted by Crippen LogP contribution is -2.38. The molecule has 2 aromatic carbocycles. The minimum Gasteiger partial charge on any atom is -0.355 e. The van der Waals surface area contributed by atoms with Gasteiger partial charge in [-0.2, -0.15) is 0 Å². The maximum Gasteiger partial charge on any atom is 0.254 e. The Balaban J connectivity index is 1.49. The molecule has 1 heterocycles. The van der Waals surface area contributed by atoms with Gasteiger partial charge in [0.1, 0.15) is 6.54 Å². The second kappa shape index (κ2) is 13.2. The van der Waals surface area contributed by atoms with Gasteiger partial charge in [0.25, 0.3) is 5.91 Å². The van der Waals surface area contributed by atoms with Crippen LogP contribution in [0.25, 0.3) is 0 Å². The quantitative estimate of drug-likeness (QED) is 0.369. The van der Waals surface area contributed by atoms with Crippen molar-refractivity contribution < 1.29 is 14.4 Å². The third-order valence-electron chi connectivity index (χ3n) is 5.00. The summed E-state index contributed by atoms with van der Waals surface area (Å²) < 4.78 is 0. The first-order valence-electron chi connectivity index (χ1n) is 11.1. The molecule has 3 aromatic rings. The number of nitrogens with zero attached hydrogens (tertiary/aromatic N) is 2. The van der Waals surface area contributed by atoms with Crippen LogP contribution in [0.4, 0.5) is 5.13 Å². The first kappa shape index (κ1) is 26.7. The summed E-state index contributed by atoms with van der Waals surface area (Å²) in [4.78, 5) is 43.5. The Labute approximate surface area is 218 Å². The summed E-state index contributed by atoms with van der Waals surface area (Å²) in [5, 5.41) is 8.33. The Morgan fingerprint density at radius 3 is 2.51 bits per heavy atom. The number of carbonyl (C=O) groups excluding carboxylic acids is 3. The van der Waals surface area contributed by atoms with E-state index in [0.717, 1.165) is 12.0 Å². The highest BCUT2D eigenvalue weighted by molar-refractivity contribution is 7.13. The van der Waals surface area contributed by atoms with Crippen molar-refractivity contribution in [1.29, 1.82) is 0 Å². The predicted octanol–water partition coefficient (Wildman–Crippen LogP) is 4.84. The van der Waals surface area contributed by atoms with Crippen LogP contribution in [0.2, 0.25) is 10.0 Å². The fourth-order valence-electron chi connectivity index (χ4n) is 3.33. The molecule has 3 rings (SSSR count). The van der Waals surface area contributed by atoms with Crippen LogP contribution in [-0.2, 0) is 22.4 Å². The molecule has 0 aliphatic rings. The van der Waals surface area contributed by atoms with Gasteiger partial charge in [-0.25, -0.2) is 4.98 Å². The largest absolute Gasteiger partial charge is 0.355 e. The first-order chi connectivity index (χ1) is 16.9. The number of halogens is 2. The Morgan fingerprint density at radius 1 is 1.03 bits per heavy atom. The molecule has 0 saturated carbocycles. The maximum absolute atomic E-state index is 12.9. The fourth-order valence-corrected chi connectivity index (χ4v) is 4.35. The normalized spacial score (nSPS) is 10.6. The number of carbonyl (C=O) groups is 3. The van der Waals surface area contributed by atoms with Gasteiger partial charge in [-0.1, -0.05) is 60.5 Å². The summed E-state index contributed by atoms with van der Waals surface area (Å²) in [6.45, 7) is 2.72. The molecule has 0 unspecified atom stereocenters. The lowest BCUT2D eigenvalue weighted by atomic mass is 10.1. The lowest BCUT2D eigenvalue weighted by Gasteiger charge is -2.21. The standard InChI is InChI=1S/C25H26Cl2N4O3S/c1-2-12-31(24(34)18-8-9-20(26)21(27)13-18)15-23(33)30-25-29-19(16-35-25)14-22(32)28-11-10-17-6-4-3-5-7-17/h3-9,13,16H,2,10-12,14-15H2,1H3,(H,28,32)(H,29,30,33). The van der Waals surface area contributed by atoms with Crippen LogP contribution >= 0.6 is 34.5 Å². The Kier molecular flexibility index (Phi) is 10.1. The Hall–Kier alpha value is -2.94. The van der Waals surface area contributed by atoms with E-state index in [1.807, 2.05) is 37.3 Å². The fraction of sp³-hybridized carbons (Fsp3) is 0.280. The van der Waals surface area contributed by atoms with Crippen LogP contribution in [-0.4, -0.2) is 47.2 Å². The van der Waals surface area contributed by atoms with E-state index in [4.69, 9.17) is 23.2 Å². The summed E-state index contributed by atoms with van der Waals surface area (Å²) in [5.74, 6) is -0.821. The van der Waals surface area contributed by atoms with E-state index in [1.165, 1.54) is 22.3 Å². The van der Waals surface area contributed by atoms with E-state index in [1.54, 1.807) is 17.5 Å². The number of hydrogen-bond acceptors (Lipinski definition) is 5. The molecule has 0 bridgehead atoms. The minimum atomic E-state index is -0.375. The average molecular weight is 533 g/mol.